The maximum absolute atomic E-state index is 14.2. The third-order valence-corrected chi connectivity index (χ3v) is 10.3. The van der Waals surface area contributed by atoms with Gasteiger partial charge in [0.15, 0.2) is 5.16 Å². The quantitative estimate of drug-likeness (QED) is 0.161. The molecule has 4 heterocycles. The summed E-state index contributed by atoms with van der Waals surface area (Å²) in [6.07, 6.45) is 1.43. The molecular formula is C35H33N5O3S2. The number of aryl methyl sites for hydroxylation is 2. The molecule has 0 spiro atoms. The summed E-state index contributed by atoms with van der Waals surface area (Å²) in [4.78, 5) is 31.7. The van der Waals surface area contributed by atoms with Crippen molar-refractivity contribution in [2.45, 2.75) is 51.1 Å². The molecule has 0 saturated heterocycles. The Morgan fingerprint density at radius 2 is 1.62 bits per heavy atom. The van der Waals surface area contributed by atoms with E-state index in [1.807, 2.05) is 83.3 Å². The standard InChI is InChI=1S/C35H33N5O3S2/c1-23(2)28-20-27-29(21-43-28)45-33-31(27)32(42)38(19-18-24-12-6-3-7-13-24)34-36-37-35(40(33)34)44-22-30(41)39(25-14-8-4-9-15-25)26-16-10-5-11-17-26/h3-17,23,28H,18-22H2,1-2H3. The number of hydrogen-bond acceptors (Lipinski definition) is 7. The van der Waals surface area contributed by atoms with Crippen LogP contribution in [0.3, 0.4) is 0 Å². The highest BCUT2D eigenvalue weighted by Crippen LogP contribution is 2.37. The SMILES string of the molecule is CC(C)C1Cc2c(sc3c2c(=O)n(CCc2ccccc2)c2nnc(SCC(=O)N(c4ccccc4)c4ccccc4)n32)CO1. The smallest absolute Gasteiger partial charge is 0.263 e. The van der Waals surface area contributed by atoms with Crippen molar-refractivity contribution in [2.75, 3.05) is 10.7 Å². The van der Waals surface area contributed by atoms with Gasteiger partial charge in [-0.1, -0.05) is 92.3 Å². The first-order chi connectivity index (χ1) is 22.0. The van der Waals surface area contributed by atoms with Crippen LogP contribution in [0.25, 0.3) is 16.0 Å². The van der Waals surface area contributed by atoms with Gasteiger partial charge >= 0.3 is 0 Å². The minimum absolute atomic E-state index is 0.0466. The van der Waals surface area contributed by atoms with Crippen LogP contribution in [0.1, 0.15) is 29.9 Å². The number of aromatic nitrogens is 4. The third kappa shape index (κ3) is 5.69. The highest BCUT2D eigenvalue weighted by molar-refractivity contribution is 7.99. The van der Waals surface area contributed by atoms with Crippen LogP contribution in [0.2, 0.25) is 0 Å². The number of nitrogens with zero attached hydrogens (tertiary/aromatic N) is 5. The average Bonchev–Trinajstić information content (AvgIpc) is 3.67. The second kappa shape index (κ2) is 12.6. The summed E-state index contributed by atoms with van der Waals surface area (Å²) < 4.78 is 9.92. The normalized spacial score (nSPS) is 14.7. The van der Waals surface area contributed by atoms with Gasteiger partial charge in [-0.05, 0) is 47.7 Å². The lowest BCUT2D eigenvalue weighted by molar-refractivity contribution is -0.115. The highest BCUT2D eigenvalue weighted by atomic mass is 32.2. The van der Waals surface area contributed by atoms with Gasteiger partial charge in [-0.25, -0.2) is 4.40 Å². The van der Waals surface area contributed by atoms with Crippen molar-refractivity contribution in [2.24, 2.45) is 5.92 Å². The van der Waals surface area contributed by atoms with Crippen LogP contribution in [0, 0.1) is 5.92 Å². The van der Waals surface area contributed by atoms with Gasteiger partial charge < -0.3 is 4.74 Å². The number of rotatable bonds is 9. The molecule has 8 nitrogen and oxygen atoms in total. The summed E-state index contributed by atoms with van der Waals surface area (Å²) in [7, 11) is 0. The van der Waals surface area contributed by atoms with E-state index in [0.717, 1.165) is 32.2 Å². The average molecular weight is 636 g/mol. The van der Waals surface area contributed by atoms with Crippen LogP contribution in [0.5, 0.6) is 0 Å². The fourth-order valence-corrected chi connectivity index (χ4v) is 7.96. The number of para-hydroxylation sites is 2. The van der Waals surface area contributed by atoms with Crippen LogP contribution in [-0.4, -0.2) is 36.9 Å². The van der Waals surface area contributed by atoms with E-state index in [9.17, 15) is 9.59 Å². The predicted octanol–water partition coefficient (Wildman–Crippen LogP) is 6.90. The predicted molar refractivity (Wildman–Crippen MR) is 181 cm³/mol. The Balaban J connectivity index is 1.29. The number of fused-ring (bicyclic) bond motifs is 5. The molecule has 1 atom stereocenters. The van der Waals surface area contributed by atoms with Crippen LogP contribution in [0.4, 0.5) is 11.4 Å². The zero-order valence-corrected chi connectivity index (χ0v) is 26.8. The van der Waals surface area contributed by atoms with Crippen molar-refractivity contribution in [3.8, 4) is 0 Å². The molecule has 0 radical (unpaired) electrons. The van der Waals surface area contributed by atoms with Crippen molar-refractivity contribution in [3.63, 3.8) is 0 Å². The monoisotopic (exact) mass is 635 g/mol. The molecule has 45 heavy (non-hydrogen) atoms. The Hall–Kier alpha value is -4.25. The van der Waals surface area contributed by atoms with Crippen molar-refractivity contribution in [1.82, 2.24) is 19.2 Å². The maximum Gasteiger partial charge on any atom is 0.263 e. The fourth-order valence-electron chi connectivity index (χ4n) is 5.88. The molecule has 0 bridgehead atoms. The molecule has 0 aliphatic carbocycles. The van der Waals surface area contributed by atoms with Gasteiger partial charge in [0.05, 0.1) is 23.8 Å². The van der Waals surface area contributed by atoms with E-state index >= 15 is 0 Å². The first kappa shape index (κ1) is 29.5. The summed E-state index contributed by atoms with van der Waals surface area (Å²) in [5.74, 6) is 0.878. The van der Waals surface area contributed by atoms with Crippen molar-refractivity contribution in [3.05, 3.63) is 117 Å². The zero-order valence-electron chi connectivity index (χ0n) is 25.1. The summed E-state index contributed by atoms with van der Waals surface area (Å²) in [6.45, 7) is 5.25. The van der Waals surface area contributed by atoms with Crippen LogP contribution >= 0.6 is 23.1 Å². The lowest BCUT2D eigenvalue weighted by Crippen LogP contribution is -2.29. The van der Waals surface area contributed by atoms with Gasteiger partial charge in [-0.15, -0.1) is 21.5 Å². The number of amides is 1. The van der Waals surface area contributed by atoms with Crippen molar-refractivity contribution >= 4 is 56.4 Å². The second-order valence-electron chi connectivity index (χ2n) is 11.5. The van der Waals surface area contributed by atoms with Gasteiger partial charge in [0.1, 0.15) is 4.83 Å². The van der Waals surface area contributed by atoms with E-state index in [1.165, 1.54) is 11.8 Å². The Morgan fingerprint density at radius 3 is 2.27 bits per heavy atom. The Labute approximate surface area is 269 Å². The van der Waals surface area contributed by atoms with E-state index in [0.29, 0.717) is 48.2 Å². The van der Waals surface area contributed by atoms with E-state index in [-0.39, 0.29) is 23.3 Å². The number of carbonyl (C=O) groups excluding carboxylic acids is 1. The van der Waals surface area contributed by atoms with Crippen LogP contribution in [0.15, 0.2) is 101 Å². The molecule has 1 aliphatic rings. The number of benzene rings is 3. The van der Waals surface area contributed by atoms with E-state index in [4.69, 9.17) is 4.74 Å². The van der Waals surface area contributed by atoms with E-state index in [2.05, 4.69) is 36.2 Å². The first-order valence-corrected chi connectivity index (χ1v) is 16.9. The van der Waals surface area contributed by atoms with Crippen molar-refractivity contribution < 1.29 is 9.53 Å². The summed E-state index contributed by atoms with van der Waals surface area (Å²) in [5.41, 5.74) is 3.76. The third-order valence-electron chi connectivity index (χ3n) is 8.24. The lowest BCUT2D eigenvalue weighted by Gasteiger charge is -2.26. The summed E-state index contributed by atoms with van der Waals surface area (Å²) in [5, 5.41) is 10.4. The van der Waals surface area contributed by atoms with Gasteiger partial charge in [0.2, 0.25) is 11.7 Å². The van der Waals surface area contributed by atoms with Crippen LogP contribution < -0.4 is 10.5 Å². The molecule has 6 aromatic rings. The molecule has 1 unspecified atom stereocenters. The summed E-state index contributed by atoms with van der Waals surface area (Å²) >= 11 is 2.91. The molecule has 10 heteroatoms. The van der Waals surface area contributed by atoms with Crippen LogP contribution in [-0.2, 0) is 35.5 Å². The minimum Gasteiger partial charge on any atom is -0.372 e. The maximum atomic E-state index is 14.2. The second-order valence-corrected chi connectivity index (χ2v) is 13.5. The molecule has 0 N–H and O–H groups in total. The molecule has 0 fully saturated rings. The van der Waals surface area contributed by atoms with E-state index in [1.54, 1.807) is 20.8 Å². The Morgan fingerprint density at radius 1 is 0.978 bits per heavy atom. The molecule has 228 valence electrons. The molecule has 3 aromatic heterocycles. The van der Waals surface area contributed by atoms with E-state index < -0.39 is 0 Å². The molecule has 0 saturated carbocycles. The molecular weight excluding hydrogens is 603 g/mol. The van der Waals surface area contributed by atoms with Gasteiger partial charge in [0.25, 0.3) is 5.56 Å². The molecule has 3 aromatic carbocycles. The number of carbonyl (C=O) groups is 1. The number of thioether (sulfide) groups is 1. The zero-order chi connectivity index (χ0) is 30.9. The lowest BCUT2D eigenvalue weighted by atomic mass is 9.96. The highest BCUT2D eigenvalue weighted by Gasteiger charge is 2.30. The van der Waals surface area contributed by atoms with Gasteiger partial charge in [-0.3, -0.25) is 19.1 Å². The largest absolute Gasteiger partial charge is 0.372 e. The number of hydrogen-bond donors (Lipinski definition) is 0. The fraction of sp³-hybridized carbons (Fsp3) is 0.257. The molecule has 1 aliphatic heterocycles. The first-order valence-electron chi connectivity index (χ1n) is 15.1. The number of thiophene rings is 1. The Bertz CT molecular complexity index is 1980. The molecule has 7 rings (SSSR count). The number of ether oxygens (including phenoxy) is 1. The Kier molecular flexibility index (Phi) is 8.27. The van der Waals surface area contributed by atoms with Gasteiger partial charge in [-0.2, -0.15) is 0 Å². The molecule has 1 amide bonds. The topological polar surface area (TPSA) is 81.7 Å². The summed E-state index contributed by atoms with van der Waals surface area (Å²) in [6, 6.07) is 29.4. The minimum atomic E-state index is -0.0820. The number of anilines is 2. The van der Waals surface area contributed by atoms with Gasteiger partial charge in [0, 0.05) is 29.2 Å². The van der Waals surface area contributed by atoms with Crippen molar-refractivity contribution in [1.29, 1.82) is 0 Å².